The number of hydrogen-bond acceptors (Lipinski definition) is 4. The van der Waals surface area contributed by atoms with Crippen LogP contribution in [-0.2, 0) is 9.59 Å². The molecule has 1 aliphatic heterocycles. The predicted octanol–water partition coefficient (Wildman–Crippen LogP) is 3.97. The summed E-state index contributed by atoms with van der Waals surface area (Å²) in [5.74, 6) is -1.02. The third kappa shape index (κ3) is 3.53. The van der Waals surface area contributed by atoms with E-state index in [-0.39, 0.29) is 10.7 Å². The number of amides is 2. The molecule has 6 nitrogen and oxygen atoms in total. The molecule has 30 heavy (non-hydrogen) atoms. The predicted molar refractivity (Wildman–Crippen MR) is 121 cm³/mol. The Balaban J connectivity index is 1.76. The van der Waals surface area contributed by atoms with Gasteiger partial charge < -0.3 is 4.57 Å². The van der Waals surface area contributed by atoms with E-state index < -0.39 is 11.8 Å². The largest absolute Gasteiger partial charge is 0.316 e. The lowest BCUT2D eigenvalue weighted by molar-refractivity contribution is -0.122. The van der Waals surface area contributed by atoms with Crippen molar-refractivity contribution in [3.05, 3.63) is 82.4 Å². The molecule has 2 amide bonds. The summed E-state index contributed by atoms with van der Waals surface area (Å²) < 4.78 is 2.02. The van der Waals surface area contributed by atoms with Gasteiger partial charge in [-0.05, 0) is 80.2 Å². The zero-order valence-corrected chi connectivity index (χ0v) is 17.8. The van der Waals surface area contributed by atoms with Crippen molar-refractivity contribution in [1.82, 2.24) is 14.9 Å². The summed E-state index contributed by atoms with van der Waals surface area (Å²) in [6, 6.07) is 12.4. The molecule has 0 aliphatic carbocycles. The van der Waals surface area contributed by atoms with Crippen LogP contribution in [0.2, 0.25) is 5.02 Å². The number of benzene rings is 1. The van der Waals surface area contributed by atoms with Crippen LogP contribution < -0.4 is 10.2 Å². The highest BCUT2D eigenvalue weighted by Gasteiger charge is 2.34. The van der Waals surface area contributed by atoms with Crippen LogP contribution >= 0.6 is 23.8 Å². The van der Waals surface area contributed by atoms with Gasteiger partial charge in [0.05, 0.1) is 17.6 Å². The minimum absolute atomic E-state index is 0.00462. The molecule has 0 saturated carbocycles. The molecular formula is C22H17ClN4O2S. The summed E-state index contributed by atoms with van der Waals surface area (Å²) in [7, 11) is 0. The van der Waals surface area contributed by atoms with Gasteiger partial charge in [-0.15, -0.1) is 0 Å². The van der Waals surface area contributed by atoms with E-state index >= 15 is 0 Å². The number of pyridine rings is 1. The van der Waals surface area contributed by atoms with Crippen molar-refractivity contribution in [1.29, 1.82) is 0 Å². The molecule has 150 valence electrons. The summed E-state index contributed by atoms with van der Waals surface area (Å²) >= 11 is 11.2. The molecule has 4 rings (SSSR count). The Hall–Kier alpha value is -3.29. The van der Waals surface area contributed by atoms with Crippen LogP contribution in [0.4, 0.5) is 5.69 Å². The van der Waals surface area contributed by atoms with Gasteiger partial charge in [0.1, 0.15) is 5.57 Å². The number of aromatic nitrogens is 2. The zero-order valence-electron chi connectivity index (χ0n) is 16.2. The van der Waals surface area contributed by atoms with Crippen molar-refractivity contribution in [2.75, 3.05) is 4.90 Å². The van der Waals surface area contributed by atoms with E-state index in [0.717, 1.165) is 22.6 Å². The number of nitrogens with zero attached hydrogens (tertiary/aromatic N) is 3. The summed E-state index contributed by atoms with van der Waals surface area (Å²) in [6.07, 6.45) is 5.06. The normalized spacial score (nSPS) is 15.6. The highest BCUT2D eigenvalue weighted by atomic mass is 35.5. The second-order valence-electron chi connectivity index (χ2n) is 6.81. The number of carbonyl (C=O) groups is 2. The molecule has 2 aromatic heterocycles. The van der Waals surface area contributed by atoms with Gasteiger partial charge in [-0.1, -0.05) is 11.6 Å². The van der Waals surface area contributed by atoms with E-state index in [1.807, 2.05) is 36.6 Å². The van der Waals surface area contributed by atoms with Gasteiger partial charge in [-0.2, -0.15) is 0 Å². The number of aryl methyl sites for hydroxylation is 1. The molecule has 1 aromatic carbocycles. The Morgan fingerprint density at radius 3 is 2.50 bits per heavy atom. The van der Waals surface area contributed by atoms with E-state index in [1.165, 1.54) is 4.90 Å². The SMILES string of the molecule is Cc1cc(/C=C2\C(=O)NC(=S)N(c3ccc(Cl)cc3)C2=O)c(C)n1-c1cccnc1. The van der Waals surface area contributed by atoms with Gasteiger partial charge in [0.25, 0.3) is 11.8 Å². The molecule has 3 aromatic rings. The monoisotopic (exact) mass is 436 g/mol. The smallest absolute Gasteiger partial charge is 0.270 e. The van der Waals surface area contributed by atoms with Crippen LogP contribution in [0.3, 0.4) is 0 Å². The molecule has 1 fully saturated rings. The first kappa shape index (κ1) is 20.0. The number of hydrogen-bond donors (Lipinski definition) is 1. The van der Waals surface area contributed by atoms with Gasteiger partial charge in [-0.25, -0.2) is 0 Å². The number of rotatable bonds is 3. The summed E-state index contributed by atoms with van der Waals surface area (Å²) in [5, 5.41) is 3.17. The van der Waals surface area contributed by atoms with Crippen LogP contribution in [0.1, 0.15) is 17.0 Å². The molecule has 0 bridgehead atoms. The number of carbonyl (C=O) groups excluding carboxylic acids is 2. The van der Waals surface area contributed by atoms with Crippen LogP contribution in [0.25, 0.3) is 11.8 Å². The highest BCUT2D eigenvalue weighted by Crippen LogP contribution is 2.26. The van der Waals surface area contributed by atoms with Crippen LogP contribution in [0.15, 0.2) is 60.4 Å². The molecule has 0 spiro atoms. The quantitative estimate of drug-likeness (QED) is 0.383. The van der Waals surface area contributed by atoms with Gasteiger partial charge >= 0.3 is 0 Å². The molecule has 8 heteroatoms. The van der Waals surface area contributed by atoms with Gasteiger partial charge in [0.2, 0.25) is 0 Å². The minimum Gasteiger partial charge on any atom is -0.316 e. The number of nitrogens with one attached hydrogen (secondary N) is 1. The summed E-state index contributed by atoms with van der Waals surface area (Å²) in [6.45, 7) is 3.89. The maximum atomic E-state index is 13.2. The Bertz CT molecular complexity index is 1200. The molecule has 1 N–H and O–H groups in total. The number of anilines is 1. The number of halogens is 1. The maximum Gasteiger partial charge on any atom is 0.270 e. The third-order valence-electron chi connectivity index (χ3n) is 4.86. The molecule has 0 atom stereocenters. The zero-order chi connectivity index (χ0) is 21.4. The first-order valence-corrected chi connectivity index (χ1v) is 9.92. The van der Waals surface area contributed by atoms with Crippen molar-refractivity contribution in [3.63, 3.8) is 0 Å². The van der Waals surface area contributed by atoms with Crippen LogP contribution in [0, 0.1) is 13.8 Å². The van der Waals surface area contributed by atoms with E-state index in [2.05, 4.69) is 10.3 Å². The standard InChI is InChI=1S/C22H17ClN4O2S/c1-13-10-15(14(2)26(13)18-4-3-9-24-12-18)11-19-20(28)25-22(30)27(21(19)29)17-7-5-16(23)6-8-17/h3-12H,1-2H3,(H,25,28,30)/b19-11+. The Morgan fingerprint density at radius 2 is 1.83 bits per heavy atom. The lowest BCUT2D eigenvalue weighted by Crippen LogP contribution is -2.54. The van der Waals surface area contributed by atoms with Crippen LogP contribution in [-0.4, -0.2) is 26.5 Å². The van der Waals surface area contributed by atoms with Gasteiger partial charge in [0, 0.05) is 22.6 Å². The number of thiocarbonyl (C=S) groups is 1. The third-order valence-corrected chi connectivity index (χ3v) is 5.40. The molecule has 1 saturated heterocycles. The summed E-state index contributed by atoms with van der Waals surface area (Å²) in [4.78, 5) is 31.2. The second kappa shape index (κ2) is 7.85. The van der Waals surface area contributed by atoms with E-state index in [4.69, 9.17) is 23.8 Å². The fourth-order valence-electron chi connectivity index (χ4n) is 3.45. The van der Waals surface area contributed by atoms with Crippen molar-refractivity contribution in [2.45, 2.75) is 13.8 Å². The molecule has 1 aliphatic rings. The molecule has 0 unspecified atom stereocenters. The first-order chi connectivity index (χ1) is 14.4. The summed E-state index contributed by atoms with van der Waals surface area (Å²) in [5.41, 5.74) is 4.05. The van der Waals surface area contributed by atoms with Crippen molar-refractivity contribution in [3.8, 4) is 5.69 Å². The van der Waals surface area contributed by atoms with E-state index in [9.17, 15) is 9.59 Å². The fraction of sp³-hybridized carbons (Fsp3) is 0.0909. The topological polar surface area (TPSA) is 67.2 Å². The Labute approximate surface area is 183 Å². The highest BCUT2D eigenvalue weighted by molar-refractivity contribution is 7.80. The molecule has 3 heterocycles. The van der Waals surface area contributed by atoms with Crippen LogP contribution in [0.5, 0.6) is 0 Å². The Morgan fingerprint density at radius 1 is 1.10 bits per heavy atom. The second-order valence-corrected chi connectivity index (χ2v) is 7.63. The van der Waals surface area contributed by atoms with Crippen molar-refractivity contribution in [2.24, 2.45) is 0 Å². The van der Waals surface area contributed by atoms with Crippen molar-refractivity contribution < 1.29 is 9.59 Å². The van der Waals surface area contributed by atoms with E-state index in [0.29, 0.717) is 10.7 Å². The average Bonchev–Trinajstić information content (AvgIpc) is 3.00. The lowest BCUT2D eigenvalue weighted by atomic mass is 10.1. The van der Waals surface area contributed by atoms with Gasteiger partial charge in [0.15, 0.2) is 5.11 Å². The average molecular weight is 437 g/mol. The lowest BCUT2D eigenvalue weighted by Gasteiger charge is -2.28. The van der Waals surface area contributed by atoms with E-state index in [1.54, 1.807) is 42.7 Å². The van der Waals surface area contributed by atoms with Gasteiger partial charge in [-0.3, -0.25) is 24.8 Å². The molecule has 0 radical (unpaired) electrons. The molecular weight excluding hydrogens is 420 g/mol. The van der Waals surface area contributed by atoms with Crippen molar-refractivity contribution >= 4 is 52.5 Å². The Kier molecular flexibility index (Phi) is 5.24. The fourth-order valence-corrected chi connectivity index (χ4v) is 3.86. The first-order valence-electron chi connectivity index (χ1n) is 9.13. The maximum absolute atomic E-state index is 13.2. The minimum atomic E-state index is -0.526.